The lowest BCUT2D eigenvalue weighted by atomic mass is 10.1. The Bertz CT molecular complexity index is 698. The van der Waals surface area contributed by atoms with Gasteiger partial charge in [-0.1, -0.05) is 24.6 Å². The number of rotatable bonds is 8. The molecule has 1 fully saturated rings. The van der Waals surface area contributed by atoms with Crippen LogP contribution in [-0.4, -0.2) is 54.0 Å². The van der Waals surface area contributed by atoms with Gasteiger partial charge in [0.25, 0.3) is 0 Å². The molecule has 26 heavy (non-hydrogen) atoms. The molecule has 0 atom stereocenters. The lowest BCUT2D eigenvalue weighted by molar-refractivity contribution is 0.111. The number of anilines is 1. The predicted octanol–water partition coefficient (Wildman–Crippen LogP) is 3.13. The third-order valence-corrected chi connectivity index (χ3v) is 4.97. The number of carbonyl (C=O) groups is 1. The number of aldehydes is 1. The minimum absolute atomic E-state index is 0.0432. The van der Waals surface area contributed by atoms with E-state index in [1.54, 1.807) is 12.1 Å². The summed E-state index contributed by atoms with van der Waals surface area (Å²) in [6.07, 6.45) is 4.85. The van der Waals surface area contributed by atoms with Crippen LogP contribution in [0.15, 0.2) is 42.5 Å². The van der Waals surface area contributed by atoms with Crippen LogP contribution in [0.4, 0.5) is 5.69 Å². The van der Waals surface area contributed by atoms with E-state index in [-0.39, 0.29) is 11.4 Å². The number of benzene rings is 1. The first kappa shape index (κ1) is 18.4. The zero-order chi connectivity index (χ0) is 18.2. The first-order valence-corrected chi connectivity index (χ1v) is 9.42. The summed E-state index contributed by atoms with van der Waals surface area (Å²) in [6.45, 7) is 5.57. The van der Waals surface area contributed by atoms with E-state index >= 15 is 0 Å². The van der Waals surface area contributed by atoms with Gasteiger partial charge in [0.1, 0.15) is 11.4 Å². The number of aromatic nitrogens is 1. The minimum atomic E-state index is -0.0432. The first-order chi connectivity index (χ1) is 12.8. The Kier molecular flexibility index (Phi) is 6.61. The summed E-state index contributed by atoms with van der Waals surface area (Å²) in [6, 6.07) is 14.0. The van der Waals surface area contributed by atoms with E-state index in [2.05, 4.69) is 45.1 Å². The van der Waals surface area contributed by atoms with Crippen LogP contribution in [0.2, 0.25) is 0 Å². The summed E-state index contributed by atoms with van der Waals surface area (Å²) >= 11 is 0. The van der Waals surface area contributed by atoms with Crippen molar-refractivity contribution in [1.82, 2.24) is 9.88 Å². The van der Waals surface area contributed by atoms with Crippen LogP contribution < -0.4 is 4.90 Å². The quantitative estimate of drug-likeness (QED) is 0.584. The Morgan fingerprint density at radius 2 is 1.73 bits per heavy atom. The maximum Gasteiger partial charge on any atom is 0.172 e. The number of nitrogens with zero attached hydrogens (tertiary/aromatic N) is 3. The molecule has 1 saturated heterocycles. The topological polar surface area (TPSA) is 56.7 Å². The third-order valence-electron chi connectivity index (χ3n) is 4.97. The smallest absolute Gasteiger partial charge is 0.172 e. The van der Waals surface area contributed by atoms with E-state index in [0.29, 0.717) is 6.29 Å². The highest BCUT2D eigenvalue weighted by Crippen LogP contribution is 2.17. The maximum absolute atomic E-state index is 10.8. The van der Waals surface area contributed by atoms with E-state index in [0.717, 1.165) is 57.7 Å². The van der Waals surface area contributed by atoms with Crippen molar-refractivity contribution in [2.24, 2.45) is 0 Å². The van der Waals surface area contributed by atoms with Crippen LogP contribution in [0, 0.1) is 0 Å². The fourth-order valence-electron chi connectivity index (χ4n) is 3.42. The summed E-state index contributed by atoms with van der Waals surface area (Å²) in [5.74, 6) is -0.0432. The molecule has 5 heteroatoms. The van der Waals surface area contributed by atoms with Crippen LogP contribution in [0.5, 0.6) is 5.75 Å². The highest BCUT2D eigenvalue weighted by molar-refractivity contribution is 5.75. The van der Waals surface area contributed by atoms with Crippen molar-refractivity contribution in [1.29, 1.82) is 0 Å². The van der Waals surface area contributed by atoms with E-state index in [1.165, 1.54) is 12.1 Å². The molecule has 1 aromatic heterocycles. The van der Waals surface area contributed by atoms with Crippen molar-refractivity contribution < 1.29 is 9.90 Å². The minimum Gasteiger partial charge on any atom is -0.506 e. The number of hydrogen-bond acceptors (Lipinski definition) is 5. The SMILES string of the molecule is O=Cc1nc(CCCCCN2CCN(c3ccccc3)CC2)ccc1O. The Hall–Kier alpha value is -2.40. The van der Waals surface area contributed by atoms with Crippen molar-refractivity contribution >= 4 is 12.0 Å². The molecule has 0 spiro atoms. The van der Waals surface area contributed by atoms with Crippen molar-refractivity contribution in [2.75, 3.05) is 37.6 Å². The molecule has 2 heterocycles. The van der Waals surface area contributed by atoms with E-state index in [1.807, 2.05) is 0 Å². The number of aromatic hydroxyl groups is 1. The average molecular weight is 353 g/mol. The zero-order valence-corrected chi connectivity index (χ0v) is 15.2. The zero-order valence-electron chi connectivity index (χ0n) is 15.2. The van der Waals surface area contributed by atoms with Crippen LogP contribution in [0.25, 0.3) is 0 Å². The highest BCUT2D eigenvalue weighted by Gasteiger charge is 2.16. The molecule has 0 amide bonds. The maximum atomic E-state index is 10.8. The molecule has 0 saturated carbocycles. The summed E-state index contributed by atoms with van der Waals surface area (Å²) in [4.78, 5) is 20.0. The number of piperazine rings is 1. The van der Waals surface area contributed by atoms with Crippen LogP contribution >= 0.6 is 0 Å². The van der Waals surface area contributed by atoms with Crippen molar-refractivity contribution in [3.05, 3.63) is 53.9 Å². The molecular formula is C21H27N3O2. The second-order valence-corrected chi connectivity index (χ2v) is 6.80. The summed E-state index contributed by atoms with van der Waals surface area (Å²) in [5, 5.41) is 9.48. The van der Waals surface area contributed by atoms with Crippen LogP contribution in [0.3, 0.4) is 0 Å². The third kappa shape index (κ3) is 5.05. The monoisotopic (exact) mass is 353 g/mol. The normalized spacial score (nSPS) is 15.2. The average Bonchev–Trinajstić information content (AvgIpc) is 2.70. The molecule has 1 aliphatic heterocycles. The molecule has 138 valence electrons. The van der Waals surface area contributed by atoms with Crippen molar-refractivity contribution in [3.8, 4) is 5.75 Å². The van der Waals surface area contributed by atoms with Crippen molar-refractivity contribution in [2.45, 2.75) is 25.7 Å². The van der Waals surface area contributed by atoms with Gasteiger partial charge in [0.15, 0.2) is 6.29 Å². The fraction of sp³-hybridized carbons (Fsp3) is 0.429. The predicted molar refractivity (Wildman–Crippen MR) is 104 cm³/mol. The van der Waals surface area contributed by atoms with Gasteiger partial charge in [0, 0.05) is 37.6 Å². The number of para-hydroxylation sites is 1. The van der Waals surface area contributed by atoms with Gasteiger partial charge in [-0.05, 0) is 50.1 Å². The highest BCUT2D eigenvalue weighted by atomic mass is 16.3. The Labute approximate surface area is 155 Å². The molecule has 1 aromatic carbocycles. The number of aryl methyl sites for hydroxylation is 1. The van der Waals surface area contributed by atoms with Gasteiger partial charge in [-0.3, -0.25) is 9.69 Å². The number of hydrogen-bond donors (Lipinski definition) is 1. The second kappa shape index (κ2) is 9.34. The molecule has 2 aromatic rings. The molecule has 5 nitrogen and oxygen atoms in total. The molecular weight excluding hydrogens is 326 g/mol. The van der Waals surface area contributed by atoms with Gasteiger partial charge < -0.3 is 10.0 Å². The first-order valence-electron chi connectivity index (χ1n) is 9.42. The standard InChI is InChI=1S/C21H27N3O2/c25-17-20-21(26)11-10-18(22-20)7-3-2-6-12-23-13-15-24(16-14-23)19-8-4-1-5-9-19/h1,4-5,8-11,17,26H,2-3,6-7,12-16H2. The van der Waals surface area contributed by atoms with Gasteiger partial charge in [-0.25, -0.2) is 4.98 Å². The molecule has 0 bridgehead atoms. The van der Waals surface area contributed by atoms with Gasteiger partial charge in [-0.2, -0.15) is 0 Å². The molecule has 1 N–H and O–H groups in total. The van der Waals surface area contributed by atoms with Gasteiger partial charge in [-0.15, -0.1) is 0 Å². The van der Waals surface area contributed by atoms with Gasteiger partial charge in [0.2, 0.25) is 0 Å². The number of unbranched alkanes of at least 4 members (excludes halogenated alkanes) is 2. The van der Waals surface area contributed by atoms with Gasteiger partial charge >= 0.3 is 0 Å². The summed E-state index contributed by atoms with van der Waals surface area (Å²) < 4.78 is 0. The molecule has 0 unspecified atom stereocenters. The summed E-state index contributed by atoms with van der Waals surface area (Å²) in [7, 11) is 0. The van der Waals surface area contributed by atoms with Crippen LogP contribution in [0.1, 0.15) is 35.4 Å². The Balaban J connectivity index is 1.32. The lowest BCUT2D eigenvalue weighted by Gasteiger charge is -2.36. The second-order valence-electron chi connectivity index (χ2n) is 6.80. The van der Waals surface area contributed by atoms with E-state index < -0.39 is 0 Å². The number of carbonyl (C=O) groups excluding carboxylic acids is 1. The molecule has 1 aliphatic rings. The number of pyridine rings is 1. The van der Waals surface area contributed by atoms with Crippen molar-refractivity contribution in [3.63, 3.8) is 0 Å². The van der Waals surface area contributed by atoms with Gasteiger partial charge in [0.05, 0.1) is 0 Å². The Morgan fingerprint density at radius 1 is 0.962 bits per heavy atom. The van der Waals surface area contributed by atoms with E-state index in [4.69, 9.17) is 0 Å². The molecule has 0 aliphatic carbocycles. The molecule has 0 radical (unpaired) electrons. The van der Waals surface area contributed by atoms with E-state index in [9.17, 15) is 9.90 Å². The lowest BCUT2D eigenvalue weighted by Crippen LogP contribution is -2.46. The molecule has 3 rings (SSSR count). The fourth-order valence-corrected chi connectivity index (χ4v) is 3.42. The summed E-state index contributed by atoms with van der Waals surface area (Å²) in [5.41, 5.74) is 2.34. The van der Waals surface area contributed by atoms with Crippen LogP contribution in [-0.2, 0) is 6.42 Å². The Morgan fingerprint density at radius 3 is 2.46 bits per heavy atom. The largest absolute Gasteiger partial charge is 0.506 e.